The molecule has 1 aromatic heterocycles. The summed E-state index contributed by atoms with van der Waals surface area (Å²) in [5, 5.41) is 24.7. The minimum atomic E-state index is -1.87. The molecule has 1 atom stereocenters. The lowest BCUT2D eigenvalue weighted by Crippen LogP contribution is -2.21. The van der Waals surface area contributed by atoms with E-state index in [2.05, 4.69) is 35.8 Å². The van der Waals surface area contributed by atoms with Crippen molar-refractivity contribution < 1.29 is 18.8 Å². The van der Waals surface area contributed by atoms with Crippen LogP contribution in [0, 0.1) is 11.3 Å². The zero-order valence-corrected chi connectivity index (χ0v) is 19.4. The number of carbonyl (C=O) groups is 1. The van der Waals surface area contributed by atoms with E-state index in [1.807, 2.05) is 6.92 Å². The van der Waals surface area contributed by atoms with Crippen LogP contribution < -0.4 is 10.6 Å². The van der Waals surface area contributed by atoms with Crippen molar-refractivity contribution in [3.8, 4) is 17.2 Å². The minimum absolute atomic E-state index is 0.0883. The molecule has 0 saturated heterocycles. The molecule has 0 saturated carbocycles. The summed E-state index contributed by atoms with van der Waals surface area (Å²) in [6.45, 7) is 3.52. The maximum Gasteiger partial charge on any atom is 0.410 e. The predicted octanol–water partition coefficient (Wildman–Crippen LogP) is 4.21. The van der Waals surface area contributed by atoms with E-state index in [1.165, 1.54) is 0 Å². The van der Waals surface area contributed by atoms with Gasteiger partial charge in [-0.25, -0.2) is 9.78 Å². The number of amides is 1. The fourth-order valence-electron chi connectivity index (χ4n) is 2.82. The van der Waals surface area contributed by atoms with E-state index in [9.17, 15) is 14.1 Å². The lowest BCUT2D eigenvalue weighted by atomic mass is 10.1. The Hall–Kier alpha value is -4.01. The largest absolute Gasteiger partial charge is 0.450 e. The van der Waals surface area contributed by atoms with Gasteiger partial charge in [0.2, 0.25) is 5.95 Å². The summed E-state index contributed by atoms with van der Waals surface area (Å²) < 4.78 is 20.3. The number of carbonyl (C=O) groups excluding carboxylic acids is 1. The number of nitrogens with zero attached hydrogens (tertiary/aromatic N) is 4. The molecule has 1 amide bonds. The highest BCUT2D eigenvalue weighted by Gasteiger charge is 2.12. The summed E-state index contributed by atoms with van der Waals surface area (Å²) in [5.74, 6) is 0.810. The third-order valence-corrected chi connectivity index (χ3v) is 5.50. The second kappa shape index (κ2) is 11.7. The lowest BCUT2D eigenvalue weighted by molar-refractivity contribution is 0.164. The van der Waals surface area contributed by atoms with E-state index < -0.39 is 16.7 Å². The Balaban J connectivity index is 1.84. The monoisotopic (exact) mass is 479 g/mol. The molecule has 3 rings (SSSR count). The molecule has 0 aliphatic heterocycles. The van der Waals surface area contributed by atoms with Crippen molar-refractivity contribution in [1.82, 2.24) is 9.97 Å². The molecule has 176 valence electrons. The highest BCUT2D eigenvalue weighted by atomic mass is 32.2. The zero-order valence-electron chi connectivity index (χ0n) is 18.6. The molecular weight excluding hydrogens is 456 g/mol. The fourth-order valence-corrected chi connectivity index (χ4v) is 3.48. The van der Waals surface area contributed by atoms with Crippen molar-refractivity contribution in [2.24, 2.45) is 4.36 Å². The molecule has 0 unspecified atom stereocenters. The third-order valence-electron chi connectivity index (χ3n) is 4.51. The van der Waals surface area contributed by atoms with Gasteiger partial charge >= 0.3 is 6.09 Å². The van der Waals surface area contributed by atoms with E-state index in [1.54, 1.807) is 61.7 Å². The maximum atomic E-state index is 12.1. The Morgan fingerprint density at radius 3 is 2.56 bits per heavy atom. The standard InChI is InChI=1S/C23H23N6O4S/c1-3-33-23(31)29-34(32)19-10-8-18(9-11-19)27-22-25-13-20(21(28-22)26-15(2)14-30)17-6-4-16(12-24)5-7-17/h4-11,13,15,30H,3,14H2,1-2H3,(H2,25,26,27,28)/q-1/t15-/m1/s1. The summed E-state index contributed by atoms with van der Waals surface area (Å²) in [5.41, 5.74) is 2.70. The second-order valence-electron chi connectivity index (χ2n) is 7.06. The molecule has 0 aliphatic rings. The number of ether oxygens (including phenoxy) is 1. The molecule has 0 bridgehead atoms. The van der Waals surface area contributed by atoms with Crippen molar-refractivity contribution in [2.45, 2.75) is 24.8 Å². The number of rotatable bonds is 8. The fraction of sp³-hybridized carbons (Fsp3) is 0.217. The summed E-state index contributed by atoms with van der Waals surface area (Å²) in [7, 11) is -1.87. The lowest BCUT2D eigenvalue weighted by Gasteiger charge is -2.17. The van der Waals surface area contributed by atoms with Crippen LogP contribution in [0.1, 0.15) is 19.4 Å². The Labute approximate surface area is 198 Å². The first-order valence-electron chi connectivity index (χ1n) is 10.4. The Kier molecular flexibility index (Phi) is 8.50. The van der Waals surface area contributed by atoms with Gasteiger partial charge in [0, 0.05) is 23.5 Å². The third kappa shape index (κ3) is 6.50. The van der Waals surface area contributed by atoms with Gasteiger partial charge < -0.3 is 24.7 Å². The molecule has 0 spiro atoms. The molecule has 10 nitrogen and oxygen atoms in total. The van der Waals surface area contributed by atoms with E-state index in [4.69, 9.17) is 5.26 Å². The van der Waals surface area contributed by atoms with Crippen LogP contribution in [-0.2, 0) is 19.5 Å². The number of nitrogens with one attached hydrogen (secondary N) is 2. The van der Waals surface area contributed by atoms with Gasteiger partial charge in [0.15, 0.2) is 0 Å². The first-order valence-corrected chi connectivity index (χ1v) is 11.5. The van der Waals surface area contributed by atoms with E-state index in [0.29, 0.717) is 33.5 Å². The van der Waals surface area contributed by atoms with Crippen LogP contribution in [0.4, 0.5) is 22.2 Å². The zero-order chi connectivity index (χ0) is 24.5. The summed E-state index contributed by atoms with van der Waals surface area (Å²) in [6, 6.07) is 15.3. The maximum absolute atomic E-state index is 12.1. The normalized spacial score (nSPS) is 12.4. The van der Waals surface area contributed by atoms with Gasteiger partial charge in [-0.15, -0.1) is 10.6 Å². The highest BCUT2D eigenvalue weighted by Crippen LogP contribution is 2.28. The molecule has 0 radical (unpaired) electrons. The van der Waals surface area contributed by atoms with Gasteiger partial charge in [0.25, 0.3) is 0 Å². The average Bonchev–Trinajstić information content (AvgIpc) is 2.85. The molecule has 34 heavy (non-hydrogen) atoms. The predicted molar refractivity (Wildman–Crippen MR) is 128 cm³/mol. The topological polar surface area (TPSA) is 150 Å². The number of anilines is 3. The minimum Gasteiger partial charge on any atom is -0.450 e. The van der Waals surface area contributed by atoms with Crippen LogP contribution in [0.2, 0.25) is 0 Å². The summed E-state index contributed by atoms with van der Waals surface area (Å²) in [4.78, 5) is 20.6. The van der Waals surface area contributed by atoms with Crippen LogP contribution in [-0.4, -0.2) is 40.4 Å². The van der Waals surface area contributed by atoms with E-state index in [0.717, 1.165) is 5.56 Å². The van der Waals surface area contributed by atoms with Gasteiger partial charge in [0.05, 0.1) is 24.8 Å². The Bertz CT molecular complexity index is 1270. The number of aliphatic hydroxyl groups is 1. The molecule has 3 N–H and O–H groups in total. The highest BCUT2D eigenvalue weighted by molar-refractivity contribution is 7.75. The number of aliphatic hydroxyl groups excluding tert-OH is 1. The van der Waals surface area contributed by atoms with Gasteiger partial charge in [-0.2, -0.15) is 10.2 Å². The summed E-state index contributed by atoms with van der Waals surface area (Å²) >= 11 is 0. The van der Waals surface area contributed by atoms with Crippen LogP contribution in [0.5, 0.6) is 0 Å². The second-order valence-corrected chi connectivity index (χ2v) is 8.21. The molecule has 0 aliphatic carbocycles. The number of benzene rings is 2. The molecule has 1 heterocycles. The molecular formula is C23H23N6O4S-. The molecule has 0 fully saturated rings. The van der Waals surface area contributed by atoms with Crippen molar-refractivity contribution in [3.63, 3.8) is 0 Å². The van der Waals surface area contributed by atoms with E-state index in [-0.39, 0.29) is 19.3 Å². The van der Waals surface area contributed by atoms with Gasteiger partial charge in [0.1, 0.15) is 5.82 Å². The molecule has 2 aromatic carbocycles. The van der Waals surface area contributed by atoms with E-state index >= 15 is 0 Å². The first-order chi connectivity index (χ1) is 16.4. The van der Waals surface area contributed by atoms with Gasteiger partial charge in [-0.1, -0.05) is 29.2 Å². The first kappa shape index (κ1) is 24.6. The molecule has 11 heteroatoms. The van der Waals surface area contributed by atoms with Crippen molar-refractivity contribution in [2.75, 3.05) is 23.8 Å². The number of nitriles is 1. The van der Waals surface area contributed by atoms with Crippen LogP contribution in [0.15, 0.2) is 64.0 Å². The van der Waals surface area contributed by atoms with Crippen molar-refractivity contribution in [3.05, 3.63) is 60.3 Å². The number of hydrogen-bond donors (Lipinski definition) is 3. The van der Waals surface area contributed by atoms with Gasteiger partial charge in [-0.05, 0) is 43.7 Å². The van der Waals surface area contributed by atoms with Crippen molar-refractivity contribution >= 4 is 34.1 Å². The Morgan fingerprint density at radius 1 is 1.24 bits per heavy atom. The quantitative estimate of drug-likeness (QED) is 0.404. The smallest absolute Gasteiger partial charge is 0.410 e. The van der Waals surface area contributed by atoms with Gasteiger partial charge in [-0.3, -0.25) is 4.36 Å². The van der Waals surface area contributed by atoms with Crippen LogP contribution >= 0.6 is 0 Å². The number of aromatic nitrogens is 2. The average molecular weight is 480 g/mol. The Morgan fingerprint density at radius 2 is 1.94 bits per heavy atom. The van der Waals surface area contributed by atoms with Crippen LogP contribution in [0.3, 0.4) is 0 Å². The molecule has 3 aromatic rings. The number of hydrogen-bond acceptors (Lipinski definition) is 10. The van der Waals surface area contributed by atoms with Crippen LogP contribution in [0.25, 0.3) is 11.1 Å². The SMILES string of the molecule is CCOC(=O)N=[S-](=O)c1ccc(Nc2ncc(-c3ccc(C#N)cc3)c(N[C@H](C)CO)n2)cc1. The summed E-state index contributed by atoms with van der Waals surface area (Å²) in [6.07, 6.45) is 0.765. The van der Waals surface area contributed by atoms with Crippen molar-refractivity contribution in [1.29, 1.82) is 5.26 Å².